The molecule has 3 aromatic rings. The molecular weight excluding hydrogens is 360 g/mol. The van der Waals surface area contributed by atoms with Crippen molar-refractivity contribution in [2.75, 3.05) is 13.1 Å². The molecule has 0 bridgehead atoms. The van der Waals surface area contributed by atoms with Crippen LogP contribution in [0.15, 0.2) is 47.0 Å². The Morgan fingerprint density at radius 1 is 1.03 bits per heavy atom. The van der Waals surface area contributed by atoms with Gasteiger partial charge in [-0.2, -0.15) is 0 Å². The summed E-state index contributed by atoms with van der Waals surface area (Å²) in [6.07, 6.45) is 3.68. The van der Waals surface area contributed by atoms with Crippen LogP contribution in [-0.2, 0) is 6.42 Å². The summed E-state index contributed by atoms with van der Waals surface area (Å²) in [5, 5.41) is 4.17. The summed E-state index contributed by atoms with van der Waals surface area (Å²) in [6.45, 7) is 8.42. The van der Waals surface area contributed by atoms with Crippen LogP contribution in [0.2, 0.25) is 0 Å². The van der Waals surface area contributed by atoms with Crippen molar-refractivity contribution in [3.8, 4) is 16.9 Å². The number of aryl methyl sites for hydroxylation is 3. The quantitative estimate of drug-likeness (QED) is 0.599. The second kappa shape index (κ2) is 7.34. The van der Waals surface area contributed by atoms with E-state index in [0.717, 1.165) is 34.8 Å². The molecule has 4 heteroatoms. The van der Waals surface area contributed by atoms with E-state index in [4.69, 9.17) is 9.26 Å². The predicted octanol–water partition coefficient (Wildman–Crippen LogP) is 5.41. The summed E-state index contributed by atoms with van der Waals surface area (Å²) in [4.78, 5) is 2.62. The molecule has 29 heavy (non-hydrogen) atoms. The lowest BCUT2D eigenvalue weighted by Crippen LogP contribution is -2.38. The molecule has 1 aromatic heterocycles. The second-order valence-corrected chi connectivity index (χ2v) is 8.45. The first-order chi connectivity index (χ1) is 14.1. The molecule has 2 aliphatic rings. The highest BCUT2D eigenvalue weighted by molar-refractivity contribution is 5.74. The van der Waals surface area contributed by atoms with Crippen LogP contribution in [0, 0.1) is 20.8 Å². The van der Waals surface area contributed by atoms with Crippen LogP contribution >= 0.6 is 0 Å². The minimum absolute atomic E-state index is 0.0474. The molecule has 1 fully saturated rings. The van der Waals surface area contributed by atoms with Gasteiger partial charge in [-0.05, 0) is 76.4 Å². The zero-order valence-electron chi connectivity index (χ0n) is 17.4. The summed E-state index contributed by atoms with van der Waals surface area (Å²) < 4.78 is 12.3. The normalized spacial score (nSPS) is 21.5. The van der Waals surface area contributed by atoms with Crippen LogP contribution in [0.5, 0.6) is 5.75 Å². The Morgan fingerprint density at radius 2 is 1.83 bits per heavy atom. The lowest BCUT2D eigenvalue weighted by molar-refractivity contribution is 0.0945. The van der Waals surface area contributed by atoms with Gasteiger partial charge in [0.15, 0.2) is 0 Å². The summed E-state index contributed by atoms with van der Waals surface area (Å²) in [5.41, 5.74) is 6.98. The number of ether oxygens (including phenoxy) is 1. The third kappa shape index (κ3) is 3.25. The Hall–Kier alpha value is -2.59. The maximum Gasteiger partial charge on any atom is 0.141 e. The molecule has 0 spiro atoms. The van der Waals surface area contributed by atoms with Crippen LogP contribution in [0.3, 0.4) is 0 Å². The minimum Gasteiger partial charge on any atom is -0.483 e. The SMILES string of the molecule is Cc1ccc(O[C@H]2c3ccccc3C[C@@H]2N2CCCC2)c(-c2c(C)noc2C)c1. The van der Waals surface area contributed by atoms with Gasteiger partial charge < -0.3 is 9.26 Å². The minimum atomic E-state index is 0.0474. The molecule has 5 rings (SSSR count). The van der Waals surface area contributed by atoms with Crippen LogP contribution in [0.1, 0.15) is 47.1 Å². The molecule has 150 valence electrons. The van der Waals surface area contributed by atoms with Crippen LogP contribution < -0.4 is 4.74 Å². The van der Waals surface area contributed by atoms with Crippen LogP contribution in [-0.4, -0.2) is 29.2 Å². The van der Waals surface area contributed by atoms with E-state index < -0.39 is 0 Å². The number of fused-ring (bicyclic) bond motifs is 1. The van der Waals surface area contributed by atoms with Gasteiger partial charge in [0.05, 0.1) is 17.3 Å². The third-order valence-corrected chi connectivity index (χ3v) is 6.44. The van der Waals surface area contributed by atoms with Crippen LogP contribution in [0.4, 0.5) is 0 Å². The van der Waals surface area contributed by atoms with E-state index in [1.165, 1.54) is 42.6 Å². The Balaban J connectivity index is 1.56. The number of hydrogen-bond acceptors (Lipinski definition) is 4. The molecular formula is C25H28N2O2. The maximum absolute atomic E-state index is 6.84. The van der Waals surface area contributed by atoms with Crippen molar-refractivity contribution in [3.05, 3.63) is 70.6 Å². The monoisotopic (exact) mass is 388 g/mol. The van der Waals surface area contributed by atoms with Crippen molar-refractivity contribution >= 4 is 0 Å². The van der Waals surface area contributed by atoms with Crippen molar-refractivity contribution in [2.24, 2.45) is 0 Å². The first-order valence-electron chi connectivity index (χ1n) is 10.6. The summed E-state index contributed by atoms with van der Waals surface area (Å²) >= 11 is 0. The third-order valence-electron chi connectivity index (χ3n) is 6.44. The van der Waals surface area contributed by atoms with Crippen LogP contribution in [0.25, 0.3) is 11.1 Å². The fraction of sp³-hybridized carbons (Fsp3) is 0.400. The molecule has 4 nitrogen and oxygen atoms in total. The molecule has 0 amide bonds. The fourth-order valence-electron chi connectivity index (χ4n) is 5.02. The number of nitrogens with zero attached hydrogens (tertiary/aromatic N) is 2. The lowest BCUT2D eigenvalue weighted by Gasteiger charge is -2.30. The van der Waals surface area contributed by atoms with Gasteiger partial charge in [-0.1, -0.05) is 41.1 Å². The second-order valence-electron chi connectivity index (χ2n) is 8.45. The first kappa shape index (κ1) is 18.4. The Morgan fingerprint density at radius 3 is 2.59 bits per heavy atom. The highest BCUT2D eigenvalue weighted by Crippen LogP contribution is 2.42. The molecule has 1 saturated heterocycles. The summed E-state index contributed by atoms with van der Waals surface area (Å²) in [5.74, 6) is 1.75. The number of benzene rings is 2. The number of hydrogen-bond donors (Lipinski definition) is 0. The molecule has 0 N–H and O–H groups in total. The maximum atomic E-state index is 6.84. The number of aromatic nitrogens is 1. The van der Waals surface area contributed by atoms with E-state index in [9.17, 15) is 0 Å². The Bertz CT molecular complexity index is 1010. The average Bonchev–Trinajstić information content (AvgIpc) is 3.43. The van der Waals surface area contributed by atoms with Gasteiger partial charge >= 0.3 is 0 Å². The molecule has 2 heterocycles. The van der Waals surface area contributed by atoms with Crippen molar-refractivity contribution in [2.45, 2.75) is 52.2 Å². The molecule has 2 aromatic carbocycles. The number of rotatable bonds is 4. The first-order valence-corrected chi connectivity index (χ1v) is 10.6. The van der Waals surface area contributed by atoms with Gasteiger partial charge in [0.1, 0.15) is 17.6 Å². The van der Waals surface area contributed by atoms with Gasteiger partial charge in [-0.15, -0.1) is 0 Å². The Labute approximate surface area is 172 Å². The molecule has 0 saturated carbocycles. The fourth-order valence-corrected chi connectivity index (χ4v) is 5.02. The largest absolute Gasteiger partial charge is 0.483 e. The molecule has 2 atom stereocenters. The molecule has 0 unspecified atom stereocenters. The van der Waals surface area contributed by atoms with E-state index in [0.29, 0.717) is 6.04 Å². The van der Waals surface area contributed by atoms with Gasteiger partial charge in [0.25, 0.3) is 0 Å². The molecule has 0 radical (unpaired) electrons. The molecule has 1 aliphatic carbocycles. The highest BCUT2D eigenvalue weighted by atomic mass is 16.5. The predicted molar refractivity (Wildman–Crippen MR) is 114 cm³/mol. The summed E-state index contributed by atoms with van der Waals surface area (Å²) in [6, 6.07) is 15.6. The van der Waals surface area contributed by atoms with E-state index in [-0.39, 0.29) is 6.10 Å². The molecule has 1 aliphatic heterocycles. The average molecular weight is 389 g/mol. The zero-order chi connectivity index (χ0) is 20.0. The van der Waals surface area contributed by atoms with Gasteiger partial charge in [-0.3, -0.25) is 4.90 Å². The number of likely N-dealkylation sites (tertiary alicyclic amines) is 1. The van der Waals surface area contributed by atoms with E-state index >= 15 is 0 Å². The van der Waals surface area contributed by atoms with Crippen molar-refractivity contribution in [1.29, 1.82) is 0 Å². The zero-order valence-corrected chi connectivity index (χ0v) is 17.4. The van der Waals surface area contributed by atoms with Crippen molar-refractivity contribution < 1.29 is 9.26 Å². The smallest absolute Gasteiger partial charge is 0.141 e. The van der Waals surface area contributed by atoms with Crippen molar-refractivity contribution in [3.63, 3.8) is 0 Å². The van der Waals surface area contributed by atoms with E-state index in [1.54, 1.807) is 0 Å². The van der Waals surface area contributed by atoms with Crippen molar-refractivity contribution in [1.82, 2.24) is 10.1 Å². The standard InChI is InChI=1S/C25H28N2O2/c1-16-10-11-23(21(14-16)24-17(2)26-29-18(24)3)28-25-20-9-5-4-8-19(20)15-22(25)27-12-6-7-13-27/h4-5,8-11,14,22,25H,6-7,12-13,15H2,1-3H3/t22-,25-/m0/s1. The van der Waals surface area contributed by atoms with E-state index in [2.05, 4.69) is 59.4 Å². The van der Waals surface area contributed by atoms with Gasteiger partial charge in [0, 0.05) is 5.56 Å². The highest BCUT2D eigenvalue weighted by Gasteiger charge is 2.39. The summed E-state index contributed by atoms with van der Waals surface area (Å²) in [7, 11) is 0. The topological polar surface area (TPSA) is 38.5 Å². The van der Waals surface area contributed by atoms with Gasteiger partial charge in [0.2, 0.25) is 0 Å². The van der Waals surface area contributed by atoms with E-state index in [1.807, 2.05) is 13.8 Å². The van der Waals surface area contributed by atoms with Gasteiger partial charge in [-0.25, -0.2) is 0 Å². The Kier molecular flexibility index (Phi) is 4.67. The lowest BCUT2D eigenvalue weighted by atomic mass is 10.0.